The number of rotatable bonds is 4. The third-order valence-electron chi connectivity index (χ3n) is 4.32. The summed E-state index contributed by atoms with van der Waals surface area (Å²) in [5, 5.41) is 12.5. The van der Waals surface area contributed by atoms with Gasteiger partial charge in [0.05, 0.1) is 18.6 Å². The molecule has 0 atom stereocenters. The number of fused-ring (bicyclic) bond motifs is 1. The van der Waals surface area contributed by atoms with E-state index in [9.17, 15) is 9.59 Å². The Kier molecular flexibility index (Phi) is 4.95. The number of nitrogens with one attached hydrogen (secondary N) is 3. The highest BCUT2D eigenvalue weighted by atomic mass is 16.5. The Morgan fingerprint density at radius 2 is 2.08 bits per heavy atom. The van der Waals surface area contributed by atoms with E-state index in [-0.39, 0.29) is 5.54 Å². The van der Waals surface area contributed by atoms with Crippen molar-refractivity contribution in [1.29, 1.82) is 0 Å². The fourth-order valence-corrected chi connectivity index (χ4v) is 2.77. The molecule has 0 bridgehead atoms. The number of hydrogen-bond donors (Lipinski definition) is 3. The van der Waals surface area contributed by atoms with Gasteiger partial charge in [0, 0.05) is 31.4 Å². The van der Waals surface area contributed by atoms with E-state index in [1.807, 2.05) is 13.8 Å². The van der Waals surface area contributed by atoms with Crippen molar-refractivity contribution >= 4 is 28.7 Å². The van der Waals surface area contributed by atoms with Gasteiger partial charge in [-0.15, -0.1) is 0 Å². The minimum absolute atomic E-state index is 0.260. The first-order valence-corrected chi connectivity index (χ1v) is 8.18. The lowest BCUT2D eigenvalue weighted by Crippen LogP contribution is -2.56. The van der Waals surface area contributed by atoms with Gasteiger partial charge in [0.2, 0.25) is 0 Å². The highest BCUT2D eigenvalue weighted by Crippen LogP contribution is 2.18. The maximum Gasteiger partial charge on any atom is 0.314 e. The average Bonchev–Trinajstić information content (AvgIpc) is 3.03. The van der Waals surface area contributed by atoms with E-state index in [4.69, 9.17) is 4.74 Å². The number of nitrogens with zero attached hydrogens (tertiary/aromatic N) is 3. The first-order chi connectivity index (χ1) is 12.0. The van der Waals surface area contributed by atoms with Crippen molar-refractivity contribution in [3.05, 3.63) is 18.3 Å². The number of pyridine rings is 1. The summed E-state index contributed by atoms with van der Waals surface area (Å²) in [6, 6.07) is 3.50. The zero-order chi connectivity index (χ0) is 17.9. The van der Waals surface area contributed by atoms with Gasteiger partial charge in [0.1, 0.15) is 5.82 Å². The Morgan fingerprint density at radius 3 is 2.84 bits per heavy atom. The third kappa shape index (κ3) is 3.94. The van der Waals surface area contributed by atoms with Crippen LogP contribution in [-0.2, 0) is 14.3 Å². The lowest BCUT2D eigenvalue weighted by atomic mass is 10.0. The molecule has 0 spiro atoms. The fraction of sp³-hybridized carbons (Fsp3) is 0.500. The average molecular weight is 346 g/mol. The van der Waals surface area contributed by atoms with E-state index in [2.05, 4.69) is 30.7 Å². The van der Waals surface area contributed by atoms with Crippen LogP contribution in [0.15, 0.2) is 18.3 Å². The summed E-state index contributed by atoms with van der Waals surface area (Å²) in [7, 11) is 0. The molecule has 2 aromatic heterocycles. The minimum Gasteiger partial charge on any atom is -0.379 e. The van der Waals surface area contributed by atoms with Gasteiger partial charge in [-0.3, -0.25) is 19.6 Å². The molecule has 3 N–H and O–H groups in total. The van der Waals surface area contributed by atoms with Crippen molar-refractivity contribution in [3.63, 3.8) is 0 Å². The molecular weight excluding hydrogens is 324 g/mol. The first-order valence-electron chi connectivity index (χ1n) is 8.18. The number of H-pyrrole nitrogens is 1. The fourth-order valence-electron chi connectivity index (χ4n) is 2.77. The van der Waals surface area contributed by atoms with E-state index in [0.29, 0.717) is 36.6 Å². The summed E-state index contributed by atoms with van der Waals surface area (Å²) in [4.78, 5) is 30.5. The summed E-state index contributed by atoms with van der Waals surface area (Å²) in [6.45, 7) is 7.40. The SMILES string of the molecule is CC(C)(CNC(=O)C(=O)Nc1[nH]nc2ncccc12)N1CCOCC1. The van der Waals surface area contributed by atoms with Crippen LogP contribution in [0.1, 0.15) is 13.8 Å². The molecule has 1 fully saturated rings. The second kappa shape index (κ2) is 7.16. The molecule has 0 saturated carbocycles. The van der Waals surface area contributed by atoms with Crippen LogP contribution in [0.4, 0.5) is 5.82 Å². The molecule has 2 aromatic rings. The molecule has 3 rings (SSSR count). The third-order valence-corrected chi connectivity index (χ3v) is 4.32. The van der Waals surface area contributed by atoms with Crippen LogP contribution in [0.3, 0.4) is 0 Å². The van der Waals surface area contributed by atoms with Crippen LogP contribution in [0, 0.1) is 0 Å². The molecule has 0 aliphatic carbocycles. The van der Waals surface area contributed by atoms with Crippen molar-refractivity contribution in [1.82, 2.24) is 25.4 Å². The van der Waals surface area contributed by atoms with Gasteiger partial charge in [0.15, 0.2) is 5.65 Å². The van der Waals surface area contributed by atoms with E-state index < -0.39 is 11.8 Å². The molecule has 9 heteroatoms. The molecule has 2 amide bonds. The second-order valence-corrected chi connectivity index (χ2v) is 6.52. The van der Waals surface area contributed by atoms with Gasteiger partial charge >= 0.3 is 11.8 Å². The smallest absolute Gasteiger partial charge is 0.314 e. The molecule has 9 nitrogen and oxygen atoms in total. The molecule has 1 aliphatic rings. The Labute approximate surface area is 145 Å². The first kappa shape index (κ1) is 17.3. The highest BCUT2D eigenvalue weighted by molar-refractivity contribution is 6.40. The quantitative estimate of drug-likeness (QED) is 0.678. The van der Waals surface area contributed by atoms with Crippen LogP contribution >= 0.6 is 0 Å². The maximum absolute atomic E-state index is 12.1. The summed E-state index contributed by atoms with van der Waals surface area (Å²) in [5.74, 6) is -1.07. The number of anilines is 1. The zero-order valence-electron chi connectivity index (χ0n) is 14.3. The summed E-state index contributed by atoms with van der Waals surface area (Å²) in [5.41, 5.74) is 0.219. The molecule has 134 valence electrons. The summed E-state index contributed by atoms with van der Waals surface area (Å²) >= 11 is 0. The highest BCUT2D eigenvalue weighted by Gasteiger charge is 2.29. The van der Waals surface area contributed by atoms with Crippen molar-refractivity contribution in [2.45, 2.75) is 19.4 Å². The molecular formula is C16H22N6O3. The minimum atomic E-state index is -0.743. The van der Waals surface area contributed by atoms with Crippen LogP contribution < -0.4 is 10.6 Å². The van der Waals surface area contributed by atoms with E-state index >= 15 is 0 Å². The Morgan fingerprint density at radius 1 is 1.32 bits per heavy atom. The normalized spacial score (nSPS) is 15.9. The van der Waals surface area contributed by atoms with Gasteiger partial charge in [-0.2, -0.15) is 5.10 Å². The van der Waals surface area contributed by atoms with Gasteiger partial charge in [-0.05, 0) is 26.0 Å². The molecule has 1 aliphatic heterocycles. The summed E-state index contributed by atoms with van der Waals surface area (Å²) in [6.07, 6.45) is 1.61. The number of carbonyl (C=O) groups excluding carboxylic acids is 2. The molecule has 0 radical (unpaired) electrons. The number of ether oxygens (including phenoxy) is 1. The van der Waals surface area contributed by atoms with Crippen LogP contribution in [0.25, 0.3) is 11.0 Å². The monoisotopic (exact) mass is 346 g/mol. The Hall–Kier alpha value is -2.52. The molecule has 0 unspecified atom stereocenters. The number of hydrogen-bond acceptors (Lipinski definition) is 6. The lowest BCUT2D eigenvalue weighted by Gasteiger charge is -2.40. The predicted molar refractivity (Wildman–Crippen MR) is 92.0 cm³/mol. The number of morpholine rings is 1. The molecule has 0 aromatic carbocycles. The molecule has 1 saturated heterocycles. The Bertz CT molecular complexity index is 766. The van der Waals surface area contributed by atoms with E-state index in [1.54, 1.807) is 18.3 Å². The van der Waals surface area contributed by atoms with Crippen molar-refractivity contribution in [2.24, 2.45) is 0 Å². The number of aromatic amines is 1. The summed E-state index contributed by atoms with van der Waals surface area (Å²) < 4.78 is 5.34. The van der Waals surface area contributed by atoms with Crippen molar-refractivity contribution < 1.29 is 14.3 Å². The van der Waals surface area contributed by atoms with E-state index in [0.717, 1.165) is 13.1 Å². The van der Waals surface area contributed by atoms with Crippen LogP contribution in [0.5, 0.6) is 0 Å². The standard InChI is InChI=1S/C16H22N6O3/c1-16(2,22-6-8-25-9-7-22)10-18-14(23)15(24)19-13-11-4-3-5-17-12(11)20-21-13/h3-5H,6-10H2,1-2H3,(H,18,23)(H2,17,19,20,21,24). The topological polar surface area (TPSA) is 112 Å². The molecule has 3 heterocycles. The maximum atomic E-state index is 12.1. The predicted octanol–water partition coefficient (Wildman–Crippen LogP) is 0.123. The largest absolute Gasteiger partial charge is 0.379 e. The Balaban J connectivity index is 1.56. The van der Waals surface area contributed by atoms with Gasteiger partial charge in [0.25, 0.3) is 0 Å². The number of aromatic nitrogens is 3. The zero-order valence-corrected chi connectivity index (χ0v) is 14.3. The van der Waals surface area contributed by atoms with E-state index in [1.165, 1.54) is 0 Å². The van der Waals surface area contributed by atoms with Crippen molar-refractivity contribution in [2.75, 3.05) is 38.2 Å². The van der Waals surface area contributed by atoms with Crippen molar-refractivity contribution in [3.8, 4) is 0 Å². The lowest BCUT2D eigenvalue weighted by molar-refractivity contribution is -0.136. The number of amides is 2. The van der Waals surface area contributed by atoms with Gasteiger partial charge in [-0.25, -0.2) is 4.98 Å². The van der Waals surface area contributed by atoms with Gasteiger partial charge in [-0.1, -0.05) is 0 Å². The van der Waals surface area contributed by atoms with Crippen LogP contribution in [-0.4, -0.2) is 70.3 Å². The molecule has 25 heavy (non-hydrogen) atoms. The van der Waals surface area contributed by atoms with Gasteiger partial charge < -0.3 is 15.4 Å². The number of carbonyl (C=O) groups is 2. The van der Waals surface area contributed by atoms with Crippen LogP contribution in [0.2, 0.25) is 0 Å². The second-order valence-electron chi connectivity index (χ2n) is 6.52.